The molecule has 0 radical (unpaired) electrons. The quantitative estimate of drug-likeness (QED) is 0.678. The Morgan fingerprint density at radius 2 is 1.76 bits per heavy atom. The van der Waals surface area contributed by atoms with Crippen LogP contribution in [-0.2, 0) is 0 Å². The van der Waals surface area contributed by atoms with E-state index < -0.39 is 0 Å². The number of hydrogen-bond donors (Lipinski definition) is 1. The second-order valence-electron chi connectivity index (χ2n) is 3.81. The number of hydrogen-bond acceptors (Lipinski definition) is 3. The Balaban J connectivity index is 0.00000191. The Morgan fingerprint density at radius 1 is 1.19 bits per heavy atom. The molecule has 0 unspecified atom stereocenters. The van der Waals surface area contributed by atoms with Crippen molar-refractivity contribution >= 4 is 34.8 Å². The molecule has 3 nitrogen and oxygen atoms in total. The molecule has 1 aromatic rings. The number of ether oxygens (including phenoxy) is 2. The summed E-state index contributed by atoms with van der Waals surface area (Å²) in [5.41, 5.74) is 5.39. The van der Waals surface area contributed by atoms with Crippen LogP contribution in [-0.4, -0.2) is 19.8 Å². The van der Waals surface area contributed by atoms with Crippen LogP contribution in [0, 0.1) is 0 Å². The number of halogens is 3. The highest BCUT2D eigenvalue weighted by molar-refractivity contribution is 6.37. The topological polar surface area (TPSA) is 44.5 Å². The maximum absolute atomic E-state index is 6.09. The van der Waals surface area contributed by atoms with Gasteiger partial charge in [-0.1, -0.05) is 48.7 Å². The molecule has 0 spiro atoms. The molecular formula is C15H22Cl3NO2. The first-order valence-corrected chi connectivity index (χ1v) is 7.95. The van der Waals surface area contributed by atoms with Crippen molar-refractivity contribution in [2.24, 2.45) is 5.73 Å². The summed E-state index contributed by atoms with van der Waals surface area (Å²) >= 11 is 17.9. The molecule has 0 aliphatic heterocycles. The summed E-state index contributed by atoms with van der Waals surface area (Å²) in [6, 6.07) is 3.31. The molecule has 0 aliphatic carbocycles. The van der Waals surface area contributed by atoms with E-state index in [0.29, 0.717) is 46.3 Å². The summed E-state index contributed by atoms with van der Waals surface area (Å²) in [5.74, 6) is 1.02. The van der Waals surface area contributed by atoms with Crippen molar-refractivity contribution in [1.82, 2.24) is 0 Å². The van der Waals surface area contributed by atoms with Gasteiger partial charge in [0.25, 0.3) is 0 Å². The van der Waals surface area contributed by atoms with Crippen LogP contribution in [0.1, 0.15) is 27.2 Å². The van der Waals surface area contributed by atoms with Crippen molar-refractivity contribution in [1.29, 1.82) is 0 Å². The second kappa shape index (κ2) is 12.0. The van der Waals surface area contributed by atoms with Crippen LogP contribution in [0.3, 0.4) is 0 Å². The molecule has 21 heavy (non-hydrogen) atoms. The van der Waals surface area contributed by atoms with Gasteiger partial charge in [0, 0.05) is 17.2 Å². The lowest BCUT2D eigenvalue weighted by Crippen LogP contribution is -2.06. The lowest BCUT2D eigenvalue weighted by Gasteiger charge is -2.11. The predicted molar refractivity (Wildman–Crippen MR) is 92.1 cm³/mol. The largest absolute Gasteiger partial charge is 0.490 e. The Hall–Kier alpha value is -0.610. The summed E-state index contributed by atoms with van der Waals surface area (Å²) in [6.45, 7) is 7.17. The minimum atomic E-state index is 0.357. The van der Waals surface area contributed by atoms with Gasteiger partial charge in [-0.25, -0.2) is 0 Å². The van der Waals surface area contributed by atoms with Crippen LogP contribution in [0.25, 0.3) is 0 Å². The summed E-state index contributed by atoms with van der Waals surface area (Å²) < 4.78 is 10.9. The van der Waals surface area contributed by atoms with E-state index in [4.69, 9.17) is 50.0 Å². The first kappa shape index (κ1) is 20.4. The molecule has 120 valence electrons. The molecule has 0 saturated carbocycles. The standard InChI is InChI=1S/C13H16Cl3NO2.C2H6/c1-9(14)3-6-18-10-7-11(15)13(12(16)8-10)19-5-2-4-17;1-2/h3,7-8H,2,4-6,17H2,1H3;1-2H3/b9-3+;. The van der Waals surface area contributed by atoms with Crippen molar-refractivity contribution < 1.29 is 9.47 Å². The van der Waals surface area contributed by atoms with Gasteiger partial charge in [0.1, 0.15) is 12.4 Å². The zero-order chi connectivity index (χ0) is 16.3. The first-order chi connectivity index (χ1) is 10.0. The fourth-order valence-electron chi connectivity index (χ4n) is 1.27. The van der Waals surface area contributed by atoms with E-state index in [2.05, 4.69) is 0 Å². The average molecular weight is 355 g/mol. The Morgan fingerprint density at radius 3 is 2.24 bits per heavy atom. The normalized spacial score (nSPS) is 10.7. The van der Waals surface area contributed by atoms with Gasteiger partial charge in [0.15, 0.2) is 5.75 Å². The van der Waals surface area contributed by atoms with Crippen molar-refractivity contribution in [3.8, 4) is 11.5 Å². The van der Waals surface area contributed by atoms with E-state index in [9.17, 15) is 0 Å². The molecule has 0 aliphatic rings. The van der Waals surface area contributed by atoms with Gasteiger partial charge in [-0.05, 0) is 26.0 Å². The molecule has 6 heteroatoms. The number of benzene rings is 1. The van der Waals surface area contributed by atoms with E-state index in [-0.39, 0.29) is 0 Å². The Labute approximate surface area is 142 Å². The second-order valence-corrected chi connectivity index (χ2v) is 5.22. The van der Waals surface area contributed by atoms with Crippen molar-refractivity contribution in [3.63, 3.8) is 0 Å². The van der Waals surface area contributed by atoms with Crippen molar-refractivity contribution in [2.75, 3.05) is 19.8 Å². The highest BCUT2D eigenvalue weighted by atomic mass is 35.5. The third kappa shape index (κ3) is 8.42. The van der Waals surface area contributed by atoms with Gasteiger partial charge in [0.2, 0.25) is 0 Å². The third-order valence-corrected chi connectivity index (χ3v) is 2.90. The summed E-state index contributed by atoms with van der Waals surface area (Å²) in [4.78, 5) is 0. The molecular weight excluding hydrogens is 333 g/mol. The smallest absolute Gasteiger partial charge is 0.156 e. The van der Waals surface area contributed by atoms with E-state index in [1.165, 1.54) is 0 Å². The predicted octanol–water partition coefficient (Wildman–Crippen LogP) is 5.27. The summed E-state index contributed by atoms with van der Waals surface area (Å²) in [7, 11) is 0. The van der Waals surface area contributed by atoms with E-state index in [1.54, 1.807) is 25.1 Å². The number of rotatable bonds is 7. The first-order valence-electron chi connectivity index (χ1n) is 6.81. The van der Waals surface area contributed by atoms with E-state index in [1.807, 2.05) is 13.8 Å². The number of allylic oxidation sites excluding steroid dienone is 1. The van der Waals surface area contributed by atoms with Crippen LogP contribution in [0.5, 0.6) is 11.5 Å². The molecule has 0 bridgehead atoms. The van der Waals surface area contributed by atoms with Gasteiger partial charge < -0.3 is 15.2 Å². The minimum Gasteiger partial charge on any atom is -0.490 e. The van der Waals surface area contributed by atoms with Gasteiger partial charge >= 0.3 is 0 Å². The van der Waals surface area contributed by atoms with Crippen molar-refractivity contribution in [3.05, 3.63) is 33.3 Å². The zero-order valence-electron chi connectivity index (χ0n) is 12.6. The van der Waals surface area contributed by atoms with Gasteiger partial charge in [-0.3, -0.25) is 0 Å². The maximum atomic E-state index is 6.09. The van der Waals surface area contributed by atoms with Gasteiger partial charge in [0.05, 0.1) is 16.7 Å². The number of nitrogens with two attached hydrogens (primary N) is 1. The fraction of sp³-hybridized carbons (Fsp3) is 0.467. The monoisotopic (exact) mass is 353 g/mol. The van der Waals surface area contributed by atoms with Crippen molar-refractivity contribution in [2.45, 2.75) is 27.2 Å². The fourth-order valence-corrected chi connectivity index (χ4v) is 1.91. The van der Waals surface area contributed by atoms with Gasteiger partial charge in [-0.15, -0.1) is 0 Å². The lowest BCUT2D eigenvalue weighted by molar-refractivity contribution is 0.312. The highest BCUT2D eigenvalue weighted by Crippen LogP contribution is 2.37. The summed E-state index contributed by atoms with van der Waals surface area (Å²) in [5, 5.41) is 1.48. The molecule has 0 fully saturated rings. The summed E-state index contributed by atoms with van der Waals surface area (Å²) in [6.07, 6.45) is 2.49. The molecule has 1 aromatic carbocycles. The van der Waals surface area contributed by atoms with E-state index in [0.717, 1.165) is 6.42 Å². The Bertz CT molecular complexity index is 424. The molecule has 0 amide bonds. The third-order valence-electron chi connectivity index (χ3n) is 2.18. The highest BCUT2D eigenvalue weighted by Gasteiger charge is 2.10. The SMILES string of the molecule is C/C(Cl)=C\COc1cc(Cl)c(OCCCN)c(Cl)c1.CC. The molecule has 0 heterocycles. The zero-order valence-corrected chi connectivity index (χ0v) is 14.9. The molecule has 0 aromatic heterocycles. The maximum Gasteiger partial charge on any atom is 0.156 e. The van der Waals surface area contributed by atoms with Crippen LogP contribution in [0.15, 0.2) is 23.2 Å². The Kier molecular flexibility index (Phi) is 11.6. The average Bonchev–Trinajstić information content (AvgIpc) is 2.44. The lowest BCUT2D eigenvalue weighted by atomic mass is 10.3. The van der Waals surface area contributed by atoms with Crippen LogP contribution in [0.2, 0.25) is 10.0 Å². The molecule has 0 atom stereocenters. The molecule has 0 saturated heterocycles. The van der Waals surface area contributed by atoms with Crippen LogP contribution in [0.4, 0.5) is 0 Å². The minimum absolute atomic E-state index is 0.357. The molecule has 1 rings (SSSR count). The molecule has 2 N–H and O–H groups in total. The van der Waals surface area contributed by atoms with Crippen LogP contribution >= 0.6 is 34.8 Å². The van der Waals surface area contributed by atoms with E-state index >= 15 is 0 Å². The van der Waals surface area contributed by atoms with Crippen LogP contribution < -0.4 is 15.2 Å². The van der Waals surface area contributed by atoms with Gasteiger partial charge in [-0.2, -0.15) is 0 Å².